The molecule has 0 spiro atoms. The van der Waals surface area contributed by atoms with E-state index >= 15 is 0 Å². The second-order valence-corrected chi connectivity index (χ2v) is 13.3. The predicted octanol–water partition coefficient (Wildman–Crippen LogP) is 4.47. The SMILES string of the molecule is CCCCC1=[C]([Zr][C]2=C(CCCC)C=CC2)CC=C1.Cl.Cl.O=C[NH][InH][NH]C=O. The van der Waals surface area contributed by atoms with Gasteiger partial charge in [-0.2, -0.15) is 0 Å². The molecule has 0 bridgehead atoms. The fourth-order valence-corrected chi connectivity index (χ4v) is 7.49. The molecule has 2 aliphatic carbocycles. The molecule has 0 fully saturated rings. The number of rotatable bonds is 12. The van der Waals surface area contributed by atoms with Gasteiger partial charge in [-0.15, -0.1) is 24.8 Å². The standard InChI is InChI=1S/2C9H13.2CH3NO.2ClH.In.Zr.H/c2*1-2-3-6-9-7-4-5-8-9;2*2-1-3;;;;;/h2*4,7H,2-3,5-6H2,1H3;2*1H,(H2,2,3);2*1H;;;/q;;;;;;+2;;/p-2. The first-order chi connectivity index (χ1) is 12.8. The molecule has 2 N–H and O–H groups in total. The van der Waals surface area contributed by atoms with E-state index in [-0.39, 0.29) is 24.8 Å². The summed E-state index contributed by atoms with van der Waals surface area (Å²) in [5.41, 5.74) is 3.42. The molecule has 28 heavy (non-hydrogen) atoms. The summed E-state index contributed by atoms with van der Waals surface area (Å²) < 4.78 is 8.60. The van der Waals surface area contributed by atoms with E-state index in [0.29, 0.717) is 12.8 Å². The van der Waals surface area contributed by atoms with Crippen molar-refractivity contribution in [2.45, 2.75) is 65.2 Å². The van der Waals surface area contributed by atoms with Gasteiger partial charge in [0.1, 0.15) is 0 Å². The number of unbranched alkanes of at least 4 members (excludes halogenated alkanes) is 2. The molecule has 0 unspecified atom stereocenters. The van der Waals surface area contributed by atoms with E-state index in [1.54, 1.807) is 11.1 Å². The van der Waals surface area contributed by atoms with Crippen LogP contribution in [0.2, 0.25) is 0 Å². The van der Waals surface area contributed by atoms with E-state index < -0.39 is 46.7 Å². The van der Waals surface area contributed by atoms with Crippen LogP contribution in [0.4, 0.5) is 0 Å². The van der Waals surface area contributed by atoms with Crippen molar-refractivity contribution in [2.24, 2.45) is 0 Å². The van der Waals surface area contributed by atoms with E-state index in [1.165, 1.54) is 51.4 Å². The Morgan fingerprint density at radius 3 is 1.68 bits per heavy atom. The third-order valence-electron chi connectivity index (χ3n) is 4.33. The first-order valence-corrected chi connectivity index (χ1v) is 16.1. The zero-order chi connectivity index (χ0) is 19.0. The Morgan fingerprint density at radius 1 is 0.893 bits per heavy atom. The summed E-state index contributed by atoms with van der Waals surface area (Å²) in [5.74, 6) is 0. The zero-order valence-electron chi connectivity index (χ0n) is 17.0. The summed E-state index contributed by atoms with van der Waals surface area (Å²) in [7, 11) is 0. The number of halogens is 2. The minimum atomic E-state index is -1.35. The summed E-state index contributed by atoms with van der Waals surface area (Å²) in [4.78, 5) is 18.9. The van der Waals surface area contributed by atoms with Crippen molar-refractivity contribution in [1.82, 2.24) is 6.61 Å². The van der Waals surface area contributed by atoms with Gasteiger partial charge in [-0.25, -0.2) is 0 Å². The molecule has 0 aromatic heterocycles. The van der Waals surface area contributed by atoms with E-state index in [2.05, 4.69) is 44.8 Å². The molecule has 2 amide bonds. The summed E-state index contributed by atoms with van der Waals surface area (Å²) in [6.45, 7) is 4.59. The summed E-state index contributed by atoms with van der Waals surface area (Å²) in [6.07, 6.45) is 21.4. The van der Waals surface area contributed by atoms with Crippen LogP contribution < -0.4 is 6.61 Å². The molecule has 0 heterocycles. The maximum absolute atomic E-state index is 9.47. The Balaban J connectivity index is 0. The minimum absolute atomic E-state index is 0. The van der Waals surface area contributed by atoms with Gasteiger partial charge in [-0.3, -0.25) is 0 Å². The molecule has 156 valence electrons. The number of allylic oxidation sites excluding steroid dienone is 8. The Labute approximate surface area is 206 Å². The molecule has 2 aliphatic rings. The van der Waals surface area contributed by atoms with Crippen LogP contribution in [0.25, 0.3) is 0 Å². The first-order valence-electron chi connectivity index (χ1n) is 9.64. The fraction of sp³-hybridized carbons (Fsp3) is 0.500. The van der Waals surface area contributed by atoms with Gasteiger partial charge in [-0.05, 0) is 0 Å². The molecular formula is C20H33Cl2InN2O2Zr. The van der Waals surface area contributed by atoms with E-state index in [4.69, 9.17) is 0 Å². The molecule has 0 saturated heterocycles. The average Bonchev–Trinajstić information content (AvgIpc) is 3.29. The van der Waals surface area contributed by atoms with Gasteiger partial charge in [-0.1, -0.05) is 0 Å². The predicted molar refractivity (Wildman–Crippen MR) is 121 cm³/mol. The summed E-state index contributed by atoms with van der Waals surface area (Å²) in [5, 5.41) is 0. The van der Waals surface area contributed by atoms with E-state index in [0.717, 1.165) is 0 Å². The van der Waals surface area contributed by atoms with Gasteiger partial charge >= 0.3 is 183 Å². The third-order valence-corrected chi connectivity index (χ3v) is 10.5. The molecule has 0 atom stereocenters. The molecule has 4 nitrogen and oxygen atoms in total. The van der Waals surface area contributed by atoms with E-state index in [1.807, 2.05) is 6.56 Å². The molecular weight excluding hydrogens is 577 g/mol. The van der Waals surface area contributed by atoms with Crippen molar-refractivity contribution in [2.75, 3.05) is 0 Å². The van der Waals surface area contributed by atoms with Gasteiger partial charge in [0.25, 0.3) is 0 Å². The van der Waals surface area contributed by atoms with Crippen LogP contribution in [-0.4, -0.2) is 36.3 Å². The van der Waals surface area contributed by atoms with Gasteiger partial charge in [0.2, 0.25) is 0 Å². The summed E-state index contributed by atoms with van der Waals surface area (Å²) >= 11 is -1.81. The van der Waals surface area contributed by atoms with Crippen molar-refractivity contribution in [3.05, 3.63) is 42.0 Å². The van der Waals surface area contributed by atoms with Gasteiger partial charge < -0.3 is 0 Å². The van der Waals surface area contributed by atoms with Crippen LogP contribution in [0.5, 0.6) is 0 Å². The quantitative estimate of drug-likeness (QED) is 0.253. The third kappa shape index (κ3) is 12.7. The molecule has 0 aliphatic heterocycles. The Hall–Kier alpha value is 0.233. The fourth-order valence-electron chi connectivity index (χ4n) is 2.89. The van der Waals surface area contributed by atoms with Crippen LogP contribution in [0.15, 0.2) is 42.0 Å². The van der Waals surface area contributed by atoms with Crippen molar-refractivity contribution < 1.29 is 32.8 Å². The van der Waals surface area contributed by atoms with Crippen molar-refractivity contribution in [1.29, 1.82) is 0 Å². The molecule has 2 rings (SSSR count). The molecule has 0 aromatic carbocycles. The molecule has 8 heteroatoms. The number of hydrogen-bond acceptors (Lipinski definition) is 2. The molecule has 0 radical (unpaired) electrons. The van der Waals surface area contributed by atoms with Crippen LogP contribution in [0, 0.1) is 0 Å². The van der Waals surface area contributed by atoms with Crippen LogP contribution in [-0.2, 0) is 32.8 Å². The monoisotopic (exact) mass is 608 g/mol. The second kappa shape index (κ2) is 20.5. The molecule has 0 aromatic rings. The number of nitrogens with one attached hydrogen (secondary N) is 2. The second-order valence-electron chi connectivity index (χ2n) is 6.37. The topological polar surface area (TPSA) is 58.2 Å². The van der Waals surface area contributed by atoms with Crippen LogP contribution in [0.1, 0.15) is 65.2 Å². The van der Waals surface area contributed by atoms with Crippen molar-refractivity contribution in [3.63, 3.8) is 0 Å². The van der Waals surface area contributed by atoms with E-state index in [9.17, 15) is 9.59 Å². The maximum atomic E-state index is 9.47. The van der Waals surface area contributed by atoms with Gasteiger partial charge in [0, 0.05) is 0 Å². The normalized spacial score (nSPS) is 13.8. The van der Waals surface area contributed by atoms with Crippen molar-refractivity contribution >= 4 is 61.1 Å². The van der Waals surface area contributed by atoms with Crippen LogP contribution >= 0.6 is 24.8 Å². The number of hydrogen-bond donors (Lipinski definition) is 2. The number of carbonyl (C=O) groups is 2. The van der Waals surface area contributed by atoms with Gasteiger partial charge in [0.15, 0.2) is 0 Å². The first kappa shape index (κ1) is 30.4. The Kier molecular flexibility index (Phi) is 22.3. The Morgan fingerprint density at radius 2 is 1.32 bits per heavy atom. The molecule has 0 saturated carbocycles. The van der Waals surface area contributed by atoms with Crippen LogP contribution in [0.3, 0.4) is 0 Å². The Bertz CT molecular complexity index is 531. The zero-order valence-corrected chi connectivity index (χ0v) is 25.1. The van der Waals surface area contributed by atoms with Gasteiger partial charge in [0.05, 0.1) is 0 Å². The average molecular weight is 610 g/mol. The number of carbonyl (C=O) groups excluding carboxylic acids is 2. The van der Waals surface area contributed by atoms with Crippen molar-refractivity contribution in [3.8, 4) is 0 Å². The summed E-state index contributed by atoms with van der Waals surface area (Å²) in [6, 6.07) is 0. The number of amides is 2.